The summed E-state index contributed by atoms with van der Waals surface area (Å²) < 4.78 is 16.3. The summed E-state index contributed by atoms with van der Waals surface area (Å²) in [5.74, 6) is 1.23. The highest BCUT2D eigenvalue weighted by atomic mass is 35.5. The van der Waals surface area contributed by atoms with Crippen molar-refractivity contribution in [2.24, 2.45) is 0 Å². The molecule has 0 radical (unpaired) electrons. The summed E-state index contributed by atoms with van der Waals surface area (Å²) in [6.45, 7) is 4.19. The monoisotopic (exact) mass is 314 g/mol. The molecule has 1 aromatic rings. The van der Waals surface area contributed by atoms with Gasteiger partial charge < -0.3 is 19.5 Å². The van der Waals surface area contributed by atoms with Crippen LogP contribution in [0.15, 0.2) is 12.1 Å². The molecule has 1 N–H and O–H groups in total. The minimum absolute atomic E-state index is 0.225. The van der Waals surface area contributed by atoms with Gasteiger partial charge in [-0.1, -0.05) is 17.7 Å². The molecule has 1 heterocycles. The number of hydrogen-bond donors (Lipinski definition) is 1. The lowest BCUT2D eigenvalue weighted by atomic mass is 10.1. The molecule has 0 bridgehead atoms. The van der Waals surface area contributed by atoms with Crippen LogP contribution in [-0.2, 0) is 11.3 Å². The lowest BCUT2D eigenvalue weighted by Crippen LogP contribution is -2.44. The minimum atomic E-state index is 0.225. The molecule has 6 heteroatoms. The van der Waals surface area contributed by atoms with Crippen molar-refractivity contribution in [2.75, 3.05) is 47.5 Å². The fourth-order valence-corrected chi connectivity index (χ4v) is 2.79. The highest BCUT2D eigenvalue weighted by Crippen LogP contribution is 2.37. The van der Waals surface area contributed by atoms with Gasteiger partial charge in [-0.05, 0) is 18.7 Å². The first-order valence-electron chi connectivity index (χ1n) is 7.06. The molecule has 1 atom stereocenters. The van der Waals surface area contributed by atoms with Gasteiger partial charge >= 0.3 is 0 Å². The largest absolute Gasteiger partial charge is 0.493 e. The summed E-state index contributed by atoms with van der Waals surface area (Å²) in [5, 5.41) is 3.94. The summed E-state index contributed by atoms with van der Waals surface area (Å²) in [7, 11) is 5.26. The lowest BCUT2D eigenvalue weighted by Gasteiger charge is -2.28. The Hall–Kier alpha value is -1.01. The number of halogens is 1. The second kappa shape index (κ2) is 7.84. The van der Waals surface area contributed by atoms with Crippen LogP contribution in [-0.4, -0.2) is 58.5 Å². The van der Waals surface area contributed by atoms with Crippen LogP contribution in [0.25, 0.3) is 0 Å². The third-order valence-electron chi connectivity index (χ3n) is 3.52. The first-order chi connectivity index (χ1) is 10.2. The number of nitrogens with one attached hydrogen (secondary N) is 1. The third kappa shape index (κ3) is 4.23. The topological polar surface area (TPSA) is 43.0 Å². The van der Waals surface area contributed by atoms with Gasteiger partial charge in [-0.15, -0.1) is 0 Å². The van der Waals surface area contributed by atoms with E-state index in [0.29, 0.717) is 16.5 Å². The first kappa shape index (κ1) is 16.4. The van der Waals surface area contributed by atoms with Crippen molar-refractivity contribution in [1.29, 1.82) is 0 Å². The predicted octanol–water partition coefficient (Wildman–Crippen LogP) is 1.78. The number of nitrogens with zero attached hydrogens (tertiary/aromatic N) is 1. The van der Waals surface area contributed by atoms with Crippen LogP contribution in [0.3, 0.4) is 0 Å². The van der Waals surface area contributed by atoms with Gasteiger partial charge in [0.25, 0.3) is 0 Å². The molecule has 1 saturated heterocycles. The Labute approximate surface area is 131 Å². The van der Waals surface area contributed by atoms with Gasteiger partial charge in [0.05, 0.1) is 32.0 Å². The number of methoxy groups -OCH3 is 2. The molecule has 1 unspecified atom stereocenters. The fraction of sp³-hybridized carbons (Fsp3) is 0.600. The summed E-state index contributed by atoms with van der Waals surface area (Å²) in [4.78, 5) is 2.20. The normalized spacial score (nSPS) is 18.8. The summed E-state index contributed by atoms with van der Waals surface area (Å²) in [5.41, 5.74) is 1.01. The second-order valence-corrected chi connectivity index (χ2v) is 5.55. The molecule has 1 fully saturated rings. The SMILES string of the molecule is COc1ccc(CN(C)CC2CNCCO2)c(Cl)c1OC. The number of rotatable bonds is 6. The van der Waals surface area contributed by atoms with Crippen molar-refractivity contribution in [3.8, 4) is 11.5 Å². The van der Waals surface area contributed by atoms with Crippen LogP contribution in [0.5, 0.6) is 11.5 Å². The number of hydrogen-bond acceptors (Lipinski definition) is 5. The first-order valence-corrected chi connectivity index (χ1v) is 7.43. The maximum atomic E-state index is 6.40. The van der Waals surface area contributed by atoms with E-state index in [1.54, 1.807) is 14.2 Å². The van der Waals surface area contributed by atoms with E-state index in [0.717, 1.165) is 38.3 Å². The molecule has 0 amide bonds. The zero-order valence-electron chi connectivity index (χ0n) is 12.8. The molecule has 1 aliphatic rings. The Morgan fingerprint density at radius 3 is 2.81 bits per heavy atom. The van der Waals surface area contributed by atoms with Gasteiger partial charge in [0.2, 0.25) is 0 Å². The number of likely N-dealkylation sites (N-methyl/N-ethyl adjacent to an activating group) is 1. The quantitative estimate of drug-likeness (QED) is 0.867. The maximum absolute atomic E-state index is 6.40. The number of benzene rings is 1. The zero-order chi connectivity index (χ0) is 15.2. The molecule has 1 aliphatic heterocycles. The number of ether oxygens (including phenoxy) is 3. The molecule has 21 heavy (non-hydrogen) atoms. The molecule has 1 aromatic carbocycles. The summed E-state index contributed by atoms with van der Waals surface area (Å²) >= 11 is 6.40. The molecule has 118 valence electrons. The van der Waals surface area contributed by atoms with E-state index in [9.17, 15) is 0 Å². The molecule has 0 aliphatic carbocycles. The van der Waals surface area contributed by atoms with E-state index >= 15 is 0 Å². The van der Waals surface area contributed by atoms with Gasteiger partial charge in [-0.2, -0.15) is 0 Å². The van der Waals surface area contributed by atoms with Crippen LogP contribution in [0.2, 0.25) is 5.02 Å². The predicted molar refractivity (Wildman–Crippen MR) is 83.5 cm³/mol. The average molecular weight is 315 g/mol. The minimum Gasteiger partial charge on any atom is -0.493 e. The average Bonchev–Trinajstić information content (AvgIpc) is 2.50. The van der Waals surface area contributed by atoms with E-state index in [1.807, 2.05) is 12.1 Å². The van der Waals surface area contributed by atoms with E-state index in [2.05, 4.69) is 17.3 Å². The van der Waals surface area contributed by atoms with Crippen LogP contribution in [0.4, 0.5) is 0 Å². The fourth-order valence-electron chi connectivity index (χ4n) is 2.49. The smallest absolute Gasteiger partial charge is 0.179 e. The standard InChI is InChI=1S/C15H23ClN2O3/c1-18(10-12-8-17-6-7-21-12)9-11-4-5-13(19-2)15(20-3)14(11)16/h4-5,12,17H,6-10H2,1-3H3. The van der Waals surface area contributed by atoms with Crippen molar-refractivity contribution in [1.82, 2.24) is 10.2 Å². The molecule has 0 spiro atoms. The van der Waals surface area contributed by atoms with Gasteiger partial charge in [-0.3, -0.25) is 4.90 Å². The Morgan fingerprint density at radius 2 is 2.19 bits per heavy atom. The van der Waals surface area contributed by atoms with Gasteiger partial charge in [-0.25, -0.2) is 0 Å². The van der Waals surface area contributed by atoms with Crippen molar-refractivity contribution in [3.63, 3.8) is 0 Å². The molecular formula is C15H23ClN2O3. The molecule has 2 rings (SSSR count). The van der Waals surface area contributed by atoms with Gasteiger partial charge in [0, 0.05) is 26.2 Å². The molecule has 5 nitrogen and oxygen atoms in total. The van der Waals surface area contributed by atoms with Crippen LogP contribution in [0, 0.1) is 0 Å². The maximum Gasteiger partial charge on any atom is 0.179 e. The van der Waals surface area contributed by atoms with Crippen molar-refractivity contribution in [2.45, 2.75) is 12.6 Å². The Morgan fingerprint density at radius 1 is 1.38 bits per heavy atom. The van der Waals surface area contributed by atoms with Crippen molar-refractivity contribution >= 4 is 11.6 Å². The molecule has 0 aromatic heterocycles. The summed E-state index contributed by atoms with van der Waals surface area (Å²) in [6, 6.07) is 3.85. The highest BCUT2D eigenvalue weighted by Gasteiger charge is 2.18. The highest BCUT2D eigenvalue weighted by molar-refractivity contribution is 6.33. The van der Waals surface area contributed by atoms with Crippen LogP contribution >= 0.6 is 11.6 Å². The van der Waals surface area contributed by atoms with E-state index in [4.69, 9.17) is 25.8 Å². The van der Waals surface area contributed by atoms with Crippen molar-refractivity contribution in [3.05, 3.63) is 22.7 Å². The van der Waals surface area contributed by atoms with E-state index < -0.39 is 0 Å². The van der Waals surface area contributed by atoms with Crippen LogP contribution in [0.1, 0.15) is 5.56 Å². The second-order valence-electron chi connectivity index (χ2n) is 5.17. The Kier molecular flexibility index (Phi) is 6.11. The Bertz CT molecular complexity index is 464. The zero-order valence-corrected chi connectivity index (χ0v) is 13.6. The van der Waals surface area contributed by atoms with Gasteiger partial charge in [0.1, 0.15) is 0 Å². The molecular weight excluding hydrogens is 292 g/mol. The summed E-state index contributed by atoms with van der Waals surface area (Å²) in [6.07, 6.45) is 0.225. The third-order valence-corrected chi connectivity index (χ3v) is 3.94. The Balaban J connectivity index is 2.01. The number of morpholine rings is 1. The van der Waals surface area contributed by atoms with Crippen molar-refractivity contribution < 1.29 is 14.2 Å². The van der Waals surface area contributed by atoms with Gasteiger partial charge in [0.15, 0.2) is 11.5 Å². The van der Waals surface area contributed by atoms with E-state index in [-0.39, 0.29) is 6.10 Å². The lowest BCUT2D eigenvalue weighted by molar-refractivity contribution is 0.00884. The molecule has 0 saturated carbocycles. The van der Waals surface area contributed by atoms with E-state index in [1.165, 1.54) is 0 Å². The van der Waals surface area contributed by atoms with Crippen LogP contribution < -0.4 is 14.8 Å².